The average Bonchev–Trinajstić information content (AvgIpc) is 2.17. The molecular formula is C11H23NO. The minimum absolute atomic E-state index is 0.0530. The van der Waals surface area contributed by atoms with Crippen LogP contribution in [-0.4, -0.2) is 37.2 Å². The van der Waals surface area contributed by atoms with Gasteiger partial charge in [0.05, 0.1) is 5.60 Å². The molecule has 0 atom stereocenters. The van der Waals surface area contributed by atoms with Gasteiger partial charge < -0.3 is 9.64 Å². The first-order valence-corrected chi connectivity index (χ1v) is 5.41. The second kappa shape index (κ2) is 4.97. The number of hydrogen-bond acceptors (Lipinski definition) is 2. The van der Waals surface area contributed by atoms with E-state index in [0.29, 0.717) is 0 Å². The molecule has 1 aliphatic heterocycles. The molecule has 0 N–H and O–H groups in total. The molecule has 1 fully saturated rings. The lowest BCUT2D eigenvalue weighted by atomic mass is 10.0. The maximum Gasteiger partial charge on any atom is 0.0634 e. The van der Waals surface area contributed by atoms with Crippen LogP contribution in [0.25, 0.3) is 0 Å². The molecule has 2 heteroatoms. The summed E-state index contributed by atoms with van der Waals surface area (Å²) in [5.41, 5.74) is 0.0530. The van der Waals surface area contributed by atoms with E-state index in [2.05, 4.69) is 18.7 Å². The Balaban J connectivity index is 2.17. The predicted octanol–water partition coefficient (Wildman–Crippen LogP) is 2.29. The van der Waals surface area contributed by atoms with Crippen LogP contribution in [0.15, 0.2) is 0 Å². The molecule has 0 bridgehead atoms. The van der Waals surface area contributed by atoms with Crippen molar-refractivity contribution in [2.24, 2.45) is 0 Å². The maximum absolute atomic E-state index is 5.40. The van der Waals surface area contributed by atoms with Crippen molar-refractivity contribution in [1.82, 2.24) is 4.90 Å². The molecule has 2 nitrogen and oxygen atoms in total. The Kier molecular flexibility index (Phi) is 4.20. The zero-order chi connectivity index (χ0) is 9.73. The molecule has 0 aromatic carbocycles. The number of piperidine rings is 1. The smallest absolute Gasteiger partial charge is 0.0634 e. The summed E-state index contributed by atoms with van der Waals surface area (Å²) in [6.07, 6.45) is 5.33. The maximum atomic E-state index is 5.40. The Labute approximate surface area is 82.3 Å². The molecule has 1 saturated heterocycles. The van der Waals surface area contributed by atoms with Crippen LogP contribution in [0, 0.1) is 0 Å². The summed E-state index contributed by atoms with van der Waals surface area (Å²) in [5, 5.41) is 0. The summed E-state index contributed by atoms with van der Waals surface area (Å²) < 4.78 is 5.40. The third-order valence-corrected chi connectivity index (χ3v) is 3.03. The van der Waals surface area contributed by atoms with Crippen molar-refractivity contribution >= 4 is 0 Å². The molecule has 0 unspecified atom stereocenters. The zero-order valence-corrected chi connectivity index (χ0v) is 9.31. The first-order chi connectivity index (χ1) is 6.14. The van der Waals surface area contributed by atoms with Gasteiger partial charge in [0.2, 0.25) is 0 Å². The van der Waals surface area contributed by atoms with Gasteiger partial charge in [-0.25, -0.2) is 0 Å². The lowest BCUT2D eigenvalue weighted by Crippen LogP contribution is -2.35. The van der Waals surface area contributed by atoms with Gasteiger partial charge in [-0.2, -0.15) is 0 Å². The van der Waals surface area contributed by atoms with Gasteiger partial charge in [0.25, 0.3) is 0 Å². The van der Waals surface area contributed by atoms with Crippen molar-refractivity contribution in [3.8, 4) is 0 Å². The van der Waals surface area contributed by atoms with Crippen molar-refractivity contribution in [1.29, 1.82) is 0 Å². The van der Waals surface area contributed by atoms with Gasteiger partial charge in [0, 0.05) is 13.7 Å². The number of hydrogen-bond donors (Lipinski definition) is 0. The van der Waals surface area contributed by atoms with Crippen LogP contribution < -0.4 is 0 Å². The fraction of sp³-hybridized carbons (Fsp3) is 1.00. The first kappa shape index (κ1) is 11.0. The number of ether oxygens (including phenoxy) is 1. The third kappa shape index (κ3) is 4.10. The van der Waals surface area contributed by atoms with Crippen LogP contribution in [0.3, 0.4) is 0 Å². The molecule has 1 aliphatic rings. The van der Waals surface area contributed by atoms with Crippen LogP contribution in [0.2, 0.25) is 0 Å². The van der Waals surface area contributed by atoms with Crippen LogP contribution in [0.4, 0.5) is 0 Å². The van der Waals surface area contributed by atoms with Crippen LogP contribution >= 0.6 is 0 Å². The van der Waals surface area contributed by atoms with E-state index in [0.717, 1.165) is 6.42 Å². The fourth-order valence-corrected chi connectivity index (χ4v) is 1.71. The highest BCUT2D eigenvalue weighted by Gasteiger charge is 2.18. The molecule has 13 heavy (non-hydrogen) atoms. The average molecular weight is 185 g/mol. The van der Waals surface area contributed by atoms with E-state index < -0.39 is 0 Å². The molecule has 78 valence electrons. The summed E-state index contributed by atoms with van der Waals surface area (Å²) in [5.74, 6) is 0. The highest BCUT2D eigenvalue weighted by Crippen LogP contribution is 2.16. The molecule has 0 aromatic heterocycles. The lowest BCUT2D eigenvalue weighted by Gasteiger charge is -2.30. The number of rotatable bonds is 4. The molecule has 1 rings (SSSR count). The third-order valence-electron chi connectivity index (χ3n) is 3.03. The molecule has 0 spiro atoms. The van der Waals surface area contributed by atoms with Gasteiger partial charge in [-0.3, -0.25) is 0 Å². The molecule has 0 aromatic rings. The van der Waals surface area contributed by atoms with Crippen LogP contribution in [0.5, 0.6) is 0 Å². The summed E-state index contributed by atoms with van der Waals surface area (Å²) in [4.78, 5) is 2.56. The van der Waals surface area contributed by atoms with Gasteiger partial charge in [-0.1, -0.05) is 6.42 Å². The first-order valence-electron chi connectivity index (χ1n) is 5.41. The number of nitrogens with zero attached hydrogens (tertiary/aromatic N) is 1. The van der Waals surface area contributed by atoms with Crippen LogP contribution in [0.1, 0.15) is 39.5 Å². The fourth-order valence-electron chi connectivity index (χ4n) is 1.71. The monoisotopic (exact) mass is 185 g/mol. The highest BCUT2D eigenvalue weighted by atomic mass is 16.5. The topological polar surface area (TPSA) is 12.5 Å². The van der Waals surface area contributed by atoms with E-state index in [9.17, 15) is 0 Å². The number of likely N-dealkylation sites (tertiary alicyclic amines) is 1. The number of methoxy groups -OCH3 is 1. The van der Waals surface area contributed by atoms with Gasteiger partial charge in [-0.15, -0.1) is 0 Å². The molecule has 0 amide bonds. The Morgan fingerprint density at radius 2 is 1.77 bits per heavy atom. The summed E-state index contributed by atoms with van der Waals surface area (Å²) in [6.45, 7) is 8.11. The largest absolute Gasteiger partial charge is 0.379 e. The van der Waals surface area contributed by atoms with Crippen molar-refractivity contribution in [2.75, 3.05) is 26.7 Å². The highest BCUT2D eigenvalue weighted by molar-refractivity contribution is 4.72. The summed E-state index contributed by atoms with van der Waals surface area (Å²) >= 11 is 0. The summed E-state index contributed by atoms with van der Waals surface area (Å²) in [7, 11) is 1.80. The molecule has 0 radical (unpaired) electrons. The van der Waals surface area contributed by atoms with Gasteiger partial charge >= 0.3 is 0 Å². The predicted molar refractivity (Wildman–Crippen MR) is 56.0 cm³/mol. The van der Waals surface area contributed by atoms with Crippen LogP contribution in [-0.2, 0) is 4.74 Å². The molecule has 0 aliphatic carbocycles. The van der Waals surface area contributed by atoms with E-state index >= 15 is 0 Å². The van der Waals surface area contributed by atoms with Crippen molar-refractivity contribution in [2.45, 2.75) is 45.1 Å². The second-order valence-corrected chi connectivity index (χ2v) is 4.62. The van der Waals surface area contributed by atoms with Crippen molar-refractivity contribution < 1.29 is 4.74 Å². The standard InChI is InChI=1S/C11H23NO/c1-11(2,13-3)7-10-12-8-5-4-6-9-12/h4-10H2,1-3H3. The Hall–Kier alpha value is -0.0800. The molecule has 0 saturated carbocycles. The van der Waals surface area contributed by atoms with E-state index in [1.165, 1.54) is 38.9 Å². The minimum Gasteiger partial charge on any atom is -0.379 e. The normalized spacial score (nSPS) is 20.5. The van der Waals surface area contributed by atoms with E-state index in [-0.39, 0.29) is 5.60 Å². The second-order valence-electron chi connectivity index (χ2n) is 4.62. The van der Waals surface area contributed by atoms with Crippen molar-refractivity contribution in [3.63, 3.8) is 0 Å². The summed E-state index contributed by atoms with van der Waals surface area (Å²) in [6, 6.07) is 0. The van der Waals surface area contributed by atoms with E-state index in [4.69, 9.17) is 4.74 Å². The van der Waals surface area contributed by atoms with E-state index in [1.807, 2.05) is 0 Å². The lowest BCUT2D eigenvalue weighted by molar-refractivity contribution is 0.00614. The van der Waals surface area contributed by atoms with Gasteiger partial charge in [-0.05, 0) is 46.2 Å². The zero-order valence-electron chi connectivity index (χ0n) is 9.31. The quantitative estimate of drug-likeness (QED) is 0.666. The Bertz CT molecular complexity index is 139. The SMILES string of the molecule is COC(C)(C)CCN1CCCCC1. The minimum atomic E-state index is 0.0530. The van der Waals surface area contributed by atoms with Gasteiger partial charge in [0.1, 0.15) is 0 Å². The van der Waals surface area contributed by atoms with E-state index in [1.54, 1.807) is 7.11 Å². The Morgan fingerprint density at radius 3 is 2.31 bits per heavy atom. The Morgan fingerprint density at radius 1 is 1.15 bits per heavy atom. The van der Waals surface area contributed by atoms with Gasteiger partial charge in [0.15, 0.2) is 0 Å². The van der Waals surface area contributed by atoms with Crippen molar-refractivity contribution in [3.05, 3.63) is 0 Å². The molecule has 1 heterocycles. The molecular weight excluding hydrogens is 162 g/mol.